The van der Waals surface area contributed by atoms with Crippen LogP contribution in [0.3, 0.4) is 0 Å². The van der Waals surface area contributed by atoms with E-state index in [4.69, 9.17) is 5.11 Å². The molecule has 0 radical (unpaired) electrons. The van der Waals surface area contributed by atoms with Gasteiger partial charge < -0.3 is 15.3 Å². The molecule has 3 N–H and O–H groups in total. The summed E-state index contributed by atoms with van der Waals surface area (Å²) in [6.45, 7) is 0. The van der Waals surface area contributed by atoms with E-state index < -0.39 is 18.0 Å². The average molecular weight is 392 g/mol. The number of halogens is 1. The molecule has 1 unspecified atom stereocenters. The largest absolute Gasteiger partial charge is 0.479 e. The molecule has 0 aliphatic heterocycles. The Kier molecular flexibility index (Phi) is 5.85. The van der Waals surface area contributed by atoms with Gasteiger partial charge in [-0.05, 0) is 52.1 Å². The van der Waals surface area contributed by atoms with Crippen molar-refractivity contribution in [2.75, 3.05) is 0 Å². The molecule has 0 saturated carbocycles. The van der Waals surface area contributed by atoms with Crippen molar-refractivity contribution in [3.63, 3.8) is 0 Å². The summed E-state index contributed by atoms with van der Waals surface area (Å²) in [6, 6.07) is 17.0. The Morgan fingerprint density at radius 3 is 2.03 bits per heavy atom. The highest BCUT2D eigenvalue weighted by atomic mass is 19.1. The van der Waals surface area contributed by atoms with Gasteiger partial charge in [0.2, 0.25) is 0 Å². The van der Waals surface area contributed by atoms with Gasteiger partial charge in [-0.1, -0.05) is 54.6 Å². The molecule has 0 amide bonds. The summed E-state index contributed by atoms with van der Waals surface area (Å²) >= 11 is 0. The second-order valence-corrected chi connectivity index (χ2v) is 6.35. The molecule has 0 aromatic heterocycles. The Morgan fingerprint density at radius 2 is 1.45 bits per heavy atom. The van der Waals surface area contributed by atoms with Crippen LogP contribution in [-0.2, 0) is 4.79 Å². The number of hydrogen-bond donors (Lipinski definition) is 3. The van der Waals surface area contributed by atoms with Crippen LogP contribution < -0.4 is 0 Å². The monoisotopic (exact) mass is 392 g/mol. The molecule has 3 aromatic rings. The Morgan fingerprint density at radius 1 is 0.828 bits per heavy atom. The summed E-state index contributed by atoms with van der Waals surface area (Å²) in [5.41, 5.74) is 3.03. The normalized spacial score (nSPS) is 12.1. The third-order valence-corrected chi connectivity index (χ3v) is 4.40. The zero-order valence-corrected chi connectivity index (χ0v) is 15.1. The summed E-state index contributed by atoms with van der Waals surface area (Å²) in [4.78, 5) is 22.4. The van der Waals surface area contributed by atoms with Crippen molar-refractivity contribution >= 4 is 24.1 Å². The van der Waals surface area contributed by atoms with Crippen LogP contribution in [0.15, 0.2) is 66.7 Å². The van der Waals surface area contributed by atoms with E-state index in [2.05, 4.69) is 0 Å². The quantitative estimate of drug-likeness (QED) is 0.538. The highest BCUT2D eigenvalue weighted by Gasteiger charge is 2.15. The molecule has 0 heterocycles. The lowest BCUT2D eigenvalue weighted by atomic mass is 9.98. The molecule has 29 heavy (non-hydrogen) atoms. The van der Waals surface area contributed by atoms with Crippen LogP contribution in [0.1, 0.15) is 33.2 Å². The van der Waals surface area contributed by atoms with Crippen molar-refractivity contribution in [3.8, 4) is 11.1 Å². The third kappa shape index (κ3) is 4.75. The van der Waals surface area contributed by atoms with Crippen LogP contribution in [0.4, 0.5) is 4.39 Å². The molecule has 0 spiro atoms. The van der Waals surface area contributed by atoms with Crippen LogP contribution in [0.5, 0.6) is 0 Å². The van der Waals surface area contributed by atoms with Crippen LogP contribution >= 0.6 is 0 Å². The Hall–Kier alpha value is -3.77. The van der Waals surface area contributed by atoms with Gasteiger partial charge in [-0.15, -0.1) is 0 Å². The van der Waals surface area contributed by atoms with Crippen LogP contribution in [0, 0.1) is 5.82 Å². The van der Waals surface area contributed by atoms with Gasteiger partial charge in [-0.25, -0.2) is 14.0 Å². The number of rotatable bonds is 6. The van der Waals surface area contributed by atoms with Gasteiger partial charge in [0.25, 0.3) is 0 Å². The highest BCUT2D eigenvalue weighted by molar-refractivity contribution is 5.94. The van der Waals surface area contributed by atoms with E-state index in [0.29, 0.717) is 11.1 Å². The lowest BCUT2D eigenvalue weighted by Gasteiger charge is -2.07. The number of carbonyl (C=O) groups is 2. The molecule has 3 aromatic carbocycles. The Bertz CT molecular complexity index is 1070. The highest BCUT2D eigenvalue weighted by Crippen LogP contribution is 2.25. The number of aromatic carboxylic acids is 1. The average Bonchev–Trinajstić information content (AvgIpc) is 2.72. The molecule has 0 fully saturated rings. The van der Waals surface area contributed by atoms with Crippen molar-refractivity contribution in [1.82, 2.24) is 0 Å². The third-order valence-electron chi connectivity index (χ3n) is 4.40. The van der Waals surface area contributed by atoms with E-state index in [1.807, 2.05) is 0 Å². The number of benzene rings is 3. The maximum atomic E-state index is 13.1. The molecule has 3 rings (SSSR count). The van der Waals surface area contributed by atoms with Gasteiger partial charge in [-0.2, -0.15) is 0 Å². The first kappa shape index (κ1) is 20.0. The first-order valence-electron chi connectivity index (χ1n) is 8.67. The summed E-state index contributed by atoms with van der Waals surface area (Å²) in [5, 5.41) is 27.8. The molecule has 1 atom stereocenters. The minimum absolute atomic E-state index is 0.116. The van der Waals surface area contributed by atoms with Crippen molar-refractivity contribution in [2.24, 2.45) is 0 Å². The zero-order valence-electron chi connectivity index (χ0n) is 15.1. The van der Waals surface area contributed by atoms with E-state index >= 15 is 0 Å². The van der Waals surface area contributed by atoms with E-state index in [9.17, 15) is 24.2 Å². The fraction of sp³-hybridized carbons (Fsp3) is 0.0435. The molecule has 5 nitrogen and oxygen atoms in total. The van der Waals surface area contributed by atoms with Gasteiger partial charge in [-0.3, -0.25) is 0 Å². The predicted octanol–water partition coefficient (Wildman–Crippen LogP) is 4.48. The smallest absolute Gasteiger partial charge is 0.337 e. The molecular weight excluding hydrogens is 375 g/mol. The number of aliphatic carboxylic acids is 1. The summed E-state index contributed by atoms with van der Waals surface area (Å²) in [6.07, 6.45) is 1.73. The van der Waals surface area contributed by atoms with Crippen LogP contribution in [0.25, 0.3) is 23.3 Å². The predicted molar refractivity (Wildman–Crippen MR) is 107 cm³/mol. The van der Waals surface area contributed by atoms with Gasteiger partial charge in [0.15, 0.2) is 6.10 Å². The summed E-state index contributed by atoms with van der Waals surface area (Å²) in [7, 11) is 0. The molecule has 0 aliphatic carbocycles. The van der Waals surface area contributed by atoms with Crippen LogP contribution in [0.2, 0.25) is 0 Å². The van der Waals surface area contributed by atoms with E-state index in [-0.39, 0.29) is 16.9 Å². The minimum Gasteiger partial charge on any atom is -0.479 e. The van der Waals surface area contributed by atoms with Crippen molar-refractivity contribution in [3.05, 3.63) is 94.8 Å². The number of hydrogen-bond acceptors (Lipinski definition) is 3. The lowest BCUT2D eigenvalue weighted by Crippen LogP contribution is -2.10. The molecule has 0 aliphatic rings. The number of carboxylic acids is 2. The standard InChI is InChI=1S/C23H17FO5/c24-19-10-7-15(8-11-19)17-9-12-20(22(26)27)18(13-17)6-3-14-1-4-16(5-2-14)21(25)23(28)29/h1-13,21,25H,(H,26,27)(H,28,29)/b6-3+. The van der Waals surface area contributed by atoms with E-state index in [0.717, 1.165) is 11.1 Å². The van der Waals surface area contributed by atoms with E-state index in [1.54, 1.807) is 48.6 Å². The van der Waals surface area contributed by atoms with Gasteiger partial charge in [0.05, 0.1) is 5.56 Å². The maximum absolute atomic E-state index is 13.1. The van der Waals surface area contributed by atoms with Crippen molar-refractivity contribution in [1.29, 1.82) is 0 Å². The Labute approximate surface area is 166 Å². The molecule has 146 valence electrons. The number of aliphatic hydroxyl groups is 1. The first-order valence-corrected chi connectivity index (χ1v) is 8.67. The summed E-state index contributed by atoms with van der Waals surface area (Å²) in [5.74, 6) is -2.76. The first-order chi connectivity index (χ1) is 13.8. The zero-order chi connectivity index (χ0) is 21.0. The molecular formula is C23H17FO5. The second-order valence-electron chi connectivity index (χ2n) is 6.35. The van der Waals surface area contributed by atoms with E-state index in [1.165, 1.54) is 30.3 Å². The molecule has 0 saturated heterocycles. The topological polar surface area (TPSA) is 94.8 Å². The van der Waals surface area contributed by atoms with Crippen molar-refractivity contribution in [2.45, 2.75) is 6.10 Å². The fourth-order valence-electron chi connectivity index (χ4n) is 2.84. The number of carboxylic acid groups (broad SMARTS) is 2. The fourth-order valence-corrected chi connectivity index (χ4v) is 2.84. The van der Waals surface area contributed by atoms with Crippen molar-refractivity contribution < 1.29 is 29.3 Å². The second kappa shape index (κ2) is 8.50. The lowest BCUT2D eigenvalue weighted by molar-refractivity contribution is -0.146. The SMILES string of the molecule is O=C(O)c1ccc(-c2ccc(F)cc2)cc1/C=C/c1ccc(C(O)C(=O)O)cc1. The minimum atomic E-state index is -1.60. The number of aliphatic hydroxyl groups excluding tert-OH is 1. The van der Waals surface area contributed by atoms with Gasteiger partial charge >= 0.3 is 11.9 Å². The molecule has 6 heteroatoms. The van der Waals surface area contributed by atoms with Gasteiger partial charge in [0, 0.05) is 0 Å². The summed E-state index contributed by atoms with van der Waals surface area (Å²) < 4.78 is 13.1. The Balaban J connectivity index is 1.92. The molecule has 0 bridgehead atoms. The van der Waals surface area contributed by atoms with Crippen LogP contribution in [-0.4, -0.2) is 27.3 Å². The van der Waals surface area contributed by atoms with Gasteiger partial charge in [0.1, 0.15) is 5.82 Å². The maximum Gasteiger partial charge on any atom is 0.337 e.